The minimum atomic E-state index is -4.96. The smallest absolute Gasteiger partial charge is 0.371 e. The zero-order valence-electron chi connectivity index (χ0n) is 19.7. The molecular weight excluding hydrogens is 486 g/mol. The van der Waals surface area contributed by atoms with E-state index in [2.05, 4.69) is 16.9 Å². The zero-order valence-corrected chi connectivity index (χ0v) is 19.7. The highest BCUT2D eigenvalue weighted by Crippen LogP contribution is 2.38. The average Bonchev–Trinajstić information content (AvgIpc) is 3.17. The van der Waals surface area contributed by atoms with Crippen LogP contribution >= 0.6 is 0 Å². The molecule has 0 unspecified atom stereocenters. The number of ether oxygens (including phenoxy) is 1. The Hall–Kier alpha value is -3.14. The van der Waals surface area contributed by atoms with Crippen molar-refractivity contribution < 1.29 is 35.9 Å². The molecule has 10 heteroatoms. The van der Waals surface area contributed by atoms with Crippen LogP contribution < -0.4 is 5.32 Å². The molecule has 1 aliphatic rings. The van der Waals surface area contributed by atoms with Gasteiger partial charge < -0.3 is 10.1 Å². The minimum absolute atomic E-state index is 0.0785. The molecule has 4 nitrogen and oxygen atoms in total. The number of hydrogen-bond donors (Lipinski definition) is 1. The summed E-state index contributed by atoms with van der Waals surface area (Å²) in [6, 6.07) is 10.2. The summed E-state index contributed by atoms with van der Waals surface area (Å²) in [5.74, 6) is -0.122. The number of benzene rings is 2. The van der Waals surface area contributed by atoms with Crippen LogP contribution in [0.5, 0.6) is 0 Å². The van der Waals surface area contributed by atoms with Crippen LogP contribution in [-0.2, 0) is 27.4 Å². The van der Waals surface area contributed by atoms with Crippen molar-refractivity contribution in [2.45, 2.75) is 56.2 Å². The van der Waals surface area contributed by atoms with E-state index in [1.165, 1.54) is 13.0 Å². The maximum Gasteiger partial charge on any atom is 0.416 e. The van der Waals surface area contributed by atoms with E-state index < -0.39 is 40.7 Å². The summed E-state index contributed by atoms with van der Waals surface area (Å²) in [5, 5.41) is 2.83. The fraction of sp³-hybridized carbons (Fsp3) is 0.385. The van der Waals surface area contributed by atoms with Crippen LogP contribution in [0.25, 0.3) is 0 Å². The maximum atomic E-state index is 13.3. The fourth-order valence-corrected chi connectivity index (χ4v) is 3.88. The Morgan fingerprint density at radius 1 is 1.06 bits per heavy atom. The Morgan fingerprint density at radius 2 is 1.64 bits per heavy atom. The highest BCUT2D eigenvalue weighted by molar-refractivity contribution is 5.87. The van der Waals surface area contributed by atoms with E-state index in [1.54, 1.807) is 43.5 Å². The van der Waals surface area contributed by atoms with Gasteiger partial charge in [-0.2, -0.15) is 26.3 Å². The van der Waals surface area contributed by atoms with Crippen molar-refractivity contribution in [3.63, 3.8) is 0 Å². The molecule has 0 aromatic heterocycles. The summed E-state index contributed by atoms with van der Waals surface area (Å²) in [5.41, 5.74) is -4.37. The third kappa shape index (κ3) is 6.34. The van der Waals surface area contributed by atoms with Crippen LogP contribution in [0.15, 0.2) is 66.2 Å². The van der Waals surface area contributed by atoms with E-state index in [-0.39, 0.29) is 24.1 Å². The van der Waals surface area contributed by atoms with Crippen LogP contribution in [0.4, 0.5) is 26.3 Å². The molecule has 3 rings (SSSR count). The molecule has 1 aliphatic heterocycles. The molecular formula is C26H26F6N2O2. The summed E-state index contributed by atoms with van der Waals surface area (Å²) in [4.78, 5) is 16.4. The highest BCUT2D eigenvalue weighted by atomic mass is 19.4. The van der Waals surface area contributed by atoms with Gasteiger partial charge in [0.1, 0.15) is 5.54 Å². The molecule has 1 amide bonds. The summed E-state index contributed by atoms with van der Waals surface area (Å²) < 4.78 is 85.6. The largest absolute Gasteiger partial charge is 0.416 e. The number of nitrogens with zero attached hydrogens (tertiary/aromatic N) is 1. The number of hydrogen-bond acceptors (Lipinski definition) is 3. The molecule has 3 atom stereocenters. The van der Waals surface area contributed by atoms with Gasteiger partial charge in [-0.1, -0.05) is 36.4 Å². The lowest BCUT2D eigenvalue weighted by molar-refractivity contribution is -0.143. The normalized spacial score (nSPS) is 21.3. The molecule has 0 bridgehead atoms. The fourth-order valence-electron chi connectivity index (χ4n) is 3.88. The minimum Gasteiger partial charge on any atom is -0.371 e. The summed E-state index contributed by atoms with van der Waals surface area (Å²) >= 11 is 0. The van der Waals surface area contributed by atoms with Crippen LogP contribution in [0, 0.1) is 0 Å². The van der Waals surface area contributed by atoms with Crippen molar-refractivity contribution in [1.82, 2.24) is 5.32 Å². The monoisotopic (exact) mass is 512 g/mol. The van der Waals surface area contributed by atoms with Gasteiger partial charge in [0.25, 0.3) is 0 Å². The van der Waals surface area contributed by atoms with Crippen LogP contribution in [0.3, 0.4) is 0 Å². The molecule has 0 spiro atoms. The third-order valence-electron chi connectivity index (χ3n) is 6.12. The first-order valence-electron chi connectivity index (χ1n) is 11.1. The molecule has 2 aromatic carbocycles. The second kappa shape index (κ2) is 10.1. The van der Waals surface area contributed by atoms with Crippen molar-refractivity contribution in [2.75, 3.05) is 6.61 Å². The lowest BCUT2D eigenvalue weighted by Gasteiger charge is -2.30. The van der Waals surface area contributed by atoms with E-state index in [9.17, 15) is 31.1 Å². The number of aliphatic imine (C=N–C) groups is 1. The first kappa shape index (κ1) is 27.4. The van der Waals surface area contributed by atoms with E-state index in [4.69, 9.17) is 4.74 Å². The molecule has 0 aliphatic carbocycles. The van der Waals surface area contributed by atoms with Crippen LogP contribution in [-0.4, -0.2) is 24.3 Å². The van der Waals surface area contributed by atoms with E-state index >= 15 is 0 Å². The van der Waals surface area contributed by atoms with Gasteiger partial charge in [-0.05, 0) is 49.6 Å². The Bertz CT molecular complexity index is 1100. The first-order valence-corrected chi connectivity index (χ1v) is 11.1. The van der Waals surface area contributed by atoms with Crippen LogP contribution in [0.1, 0.15) is 55.0 Å². The first-order chi connectivity index (χ1) is 16.7. The lowest BCUT2D eigenvalue weighted by Crippen LogP contribution is -2.41. The molecule has 2 aromatic rings. The van der Waals surface area contributed by atoms with Gasteiger partial charge >= 0.3 is 12.4 Å². The second-order valence-electron chi connectivity index (χ2n) is 9.01. The Balaban J connectivity index is 1.95. The maximum absolute atomic E-state index is 13.3. The number of carbonyl (C=O) groups excluding carboxylic acids is 1. The number of carbonyl (C=O) groups is 1. The Morgan fingerprint density at radius 3 is 2.11 bits per heavy atom. The van der Waals surface area contributed by atoms with Gasteiger partial charge in [-0.25, -0.2) is 0 Å². The molecule has 0 saturated carbocycles. The van der Waals surface area contributed by atoms with Gasteiger partial charge in [0, 0.05) is 12.6 Å². The van der Waals surface area contributed by atoms with Crippen molar-refractivity contribution in [2.24, 2.45) is 4.99 Å². The number of halogens is 6. The van der Waals surface area contributed by atoms with Gasteiger partial charge in [0.05, 0.1) is 29.4 Å². The molecule has 0 radical (unpaired) electrons. The lowest BCUT2D eigenvalue weighted by atomic mass is 9.90. The van der Waals surface area contributed by atoms with Crippen molar-refractivity contribution in [3.05, 3.63) is 83.4 Å². The zero-order chi connectivity index (χ0) is 26.8. The van der Waals surface area contributed by atoms with Crippen molar-refractivity contribution in [3.8, 4) is 0 Å². The van der Waals surface area contributed by atoms with Crippen LogP contribution in [0.2, 0.25) is 0 Å². The van der Waals surface area contributed by atoms with Crippen molar-refractivity contribution in [1.29, 1.82) is 0 Å². The topological polar surface area (TPSA) is 50.7 Å². The van der Waals surface area contributed by atoms with Gasteiger partial charge in [-0.15, -0.1) is 6.58 Å². The molecule has 1 N–H and O–H groups in total. The number of alkyl halides is 6. The van der Waals surface area contributed by atoms with Gasteiger partial charge in [-0.3, -0.25) is 9.79 Å². The number of amides is 1. The average molecular weight is 512 g/mol. The summed E-state index contributed by atoms with van der Waals surface area (Å²) in [6.45, 7) is 6.80. The molecule has 1 saturated heterocycles. The third-order valence-corrected chi connectivity index (χ3v) is 6.12. The van der Waals surface area contributed by atoms with E-state index in [0.717, 1.165) is 0 Å². The number of nitrogens with one attached hydrogen (secondary N) is 1. The second-order valence-corrected chi connectivity index (χ2v) is 9.01. The SMILES string of the molecule is C=C[C@](CO[C@H](C)c1cc(C(F)(F)F)cc(C(F)(F)F)c1)(/N=C\[C@]1(C)CCC(=O)N1)c1ccccc1. The quantitative estimate of drug-likeness (QED) is 0.246. The predicted molar refractivity (Wildman–Crippen MR) is 123 cm³/mol. The molecule has 1 heterocycles. The highest BCUT2D eigenvalue weighted by Gasteiger charge is 2.38. The molecule has 194 valence electrons. The summed E-state index contributed by atoms with van der Waals surface area (Å²) in [7, 11) is 0. The Labute approximate surface area is 205 Å². The van der Waals surface area contributed by atoms with E-state index in [1.807, 2.05) is 0 Å². The number of rotatable bonds is 8. The molecule has 36 heavy (non-hydrogen) atoms. The summed E-state index contributed by atoms with van der Waals surface area (Å²) in [6.07, 6.45) is -7.13. The standard InChI is InChI=1S/C26H26F6N2O2/c1-4-24(19-8-6-5-7-9-19,33-15-23(3)11-10-22(35)34-23)16-36-17(2)18-12-20(25(27,28)29)14-21(13-18)26(30,31)32/h4-9,12-15,17H,1,10-11,16H2,2-3H3,(H,34,35)/b33-15-/t17-,23+,24-/m1/s1. The predicted octanol–water partition coefficient (Wildman–Crippen LogP) is 6.62. The molecule has 1 fully saturated rings. The van der Waals surface area contributed by atoms with Gasteiger partial charge in [0.2, 0.25) is 5.91 Å². The van der Waals surface area contributed by atoms with Gasteiger partial charge in [0.15, 0.2) is 0 Å². The van der Waals surface area contributed by atoms with E-state index in [0.29, 0.717) is 30.5 Å². The Kier molecular flexibility index (Phi) is 7.69. The van der Waals surface area contributed by atoms with Crippen molar-refractivity contribution >= 4 is 12.1 Å².